The zero-order chi connectivity index (χ0) is 22.7. The van der Waals surface area contributed by atoms with Crippen molar-refractivity contribution in [2.45, 2.75) is 46.1 Å². The fourth-order valence-corrected chi connectivity index (χ4v) is 4.22. The number of unbranched alkanes of at least 4 members (excludes halogenated alkanes) is 1. The second-order valence-electron chi connectivity index (χ2n) is 8.24. The van der Waals surface area contributed by atoms with Gasteiger partial charge < -0.3 is 14.4 Å². The van der Waals surface area contributed by atoms with Crippen LogP contribution in [-0.2, 0) is 0 Å². The molecule has 0 aliphatic carbocycles. The molecule has 1 unspecified atom stereocenters. The van der Waals surface area contributed by atoms with Crippen LogP contribution in [0.15, 0.2) is 42.5 Å². The molecule has 0 fully saturated rings. The molecular formula is C26H31N3O3. The van der Waals surface area contributed by atoms with Gasteiger partial charge in [-0.2, -0.15) is 5.10 Å². The van der Waals surface area contributed by atoms with Gasteiger partial charge in [-0.25, -0.2) is 0 Å². The van der Waals surface area contributed by atoms with Crippen molar-refractivity contribution in [3.8, 4) is 22.8 Å². The van der Waals surface area contributed by atoms with Gasteiger partial charge in [0.05, 0.1) is 25.5 Å². The number of ether oxygens (including phenoxy) is 2. The number of carbonyl (C=O) groups excluding carboxylic acids is 1. The molecule has 0 bridgehead atoms. The lowest BCUT2D eigenvalue weighted by molar-refractivity contribution is 0.0741. The zero-order valence-electron chi connectivity index (χ0n) is 19.3. The summed E-state index contributed by atoms with van der Waals surface area (Å²) in [7, 11) is 1.65. The van der Waals surface area contributed by atoms with Crippen molar-refractivity contribution < 1.29 is 14.3 Å². The summed E-state index contributed by atoms with van der Waals surface area (Å²) >= 11 is 0. The minimum Gasteiger partial charge on any atom is -0.493 e. The Labute approximate surface area is 189 Å². The quantitative estimate of drug-likeness (QED) is 0.482. The number of benzene rings is 2. The van der Waals surface area contributed by atoms with E-state index in [-0.39, 0.29) is 11.9 Å². The molecule has 2 aromatic carbocycles. The van der Waals surface area contributed by atoms with Gasteiger partial charge in [0.25, 0.3) is 5.91 Å². The molecule has 3 aromatic rings. The number of hydrogen-bond donors (Lipinski definition) is 1. The van der Waals surface area contributed by atoms with E-state index in [9.17, 15) is 4.79 Å². The normalized spacial score (nSPS) is 15.2. The third-order valence-electron chi connectivity index (χ3n) is 5.91. The molecule has 0 saturated carbocycles. The molecule has 0 saturated heterocycles. The highest BCUT2D eigenvalue weighted by Gasteiger charge is 2.42. The molecule has 1 atom stereocenters. The molecule has 0 radical (unpaired) electrons. The van der Waals surface area contributed by atoms with E-state index in [2.05, 4.69) is 55.2 Å². The summed E-state index contributed by atoms with van der Waals surface area (Å²) < 4.78 is 11.5. The largest absolute Gasteiger partial charge is 0.493 e. The van der Waals surface area contributed by atoms with Crippen molar-refractivity contribution in [2.24, 2.45) is 0 Å². The number of rotatable bonds is 9. The predicted octanol–water partition coefficient (Wildman–Crippen LogP) is 5.53. The Morgan fingerprint density at radius 1 is 1.06 bits per heavy atom. The van der Waals surface area contributed by atoms with E-state index in [1.807, 2.05) is 23.1 Å². The Bertz CT molecular complexity index is 1090. The molecule has 6 heteroatoms. The summed E-state index contributed by atoms with van der Waals surface area (Å²) in [6.45, 7) is 7.59. The first-order chi connectivity index (χ1) is 15.6. The number of aryl methyl sites for hydroxylation is 1. The van der Waals surface area contributed by atoms with Gasteiger partial charge in [-0.05, 0) is 37.5 Å². The van der Waals surface area contributed by atoms with E-state index >= 15 is 0 Å². The number of fused-ring (bicyclic) bond motifs is 1. The number of carbonyl (C=O) groups is 1. The highest BCUT2D eigenvalue weighted by atomic mass is 16.5. The third-order valence-corrected chi connectivity index (χ3v) is 5.91. The lowest BCUT2D eigenvalue weighted by atomic mass is 9.95. The minimum atomic E-state index is -0.228. The maximum atomic E-state index is 13.3. The van der Waals surface area contributed by atoms with Gasteiger partial charge >= 0.3 is 0 Å². The van der Waals surface area contributed by atoms with Crippen LogP contribution in [0.4, 0.5) is 0 Å². The van der Waals surface area contributed by atoms with E-state index in [0.29, 0.717) is 30.3 Å². The van der Waals surface area contributed by atoms with Gasteiger partial charge in [0.1, 0.15) is 5.69 Å². The molecule has 1 aromatic heterocycles. The Morgan fingerprint density at radius 3 is 2.53 bits per heavy atom. The first-order valence-corrected chi connectivity index (χ1v) is 11.4. The zero-order valence-corrected chi connectivity index (χ0v) is 19.3. The molecule has 1 N–H and O–H groups in total. The highest BCUT2D eigenvalue weighted by Crippen LogP contribution is 2.44. The number of aromatic amines is 1. The number of methoxy groups -OCH3 is 1. The SMILES string of the molecule is CCCCN1C(=O)c2[nH]nc(-c3ccc(C)cc3)c2C1c1ccc(OCCC)c(OC)c1. The Hall–Kier alpha value is -3.28. The lowest BCUT2D eigenvalue weighted by Crippen LogP contribution is -2.30. The van der Waals surface area contributed by atoms with Crippen LogP contribution in [0.5, 0.6) is 11.5 Å². The van der Waals surface area contributed by atoms with Gasteiger partial charge in [0, 0.05) is 17.7 Å². The topological polar surface area (TPSA) is 67.5 Å². The second-order valence-corrected chi connectivity index (χ2v) is 8.24. The third kappa shape index (κ3) is 3.97. The second kappa shape index (κ2) is 9.47. The van der Waals surface area contributed by atoms with E-state index in [4.69, 9.17) is 9.47 Å². The Balaban J connectivity index is 1.81. The molecule has 1 aliphatic heterocycles. The van der Waals surface area contributed by atoms with Crippen molar-refractivity contribution in [1.82, 2.24) is 15.1 Å². The van der Waals surface area contributed by atoms with Crippen LogP contribution < -0.4 is 9.47 Å². The lowest BCUT2D eigenvalue weighted by Gasteiger charge is -2.27. The molecule has 0 spiro atoms. The molecule has 1 amide bonds. The number of aromatic nitrogens is 2. The number of amides is 1. The number of H-pyrrole nitrogens is 1. The fraction of sp³-hybridized carbons (Fsp3) is 0.385. The van der Waals surface area contributed by atoms with Crippen molar-refractivity contribution in [3.05, 3.63) is 64.8 Å². The number of hydrogen-bond acceptors (Lipinski definition) is 4. The number of nitrogens with one attached hydrogen (secondary N) is 1. The predicted molar refractivity (Wildman–Crippen MR) is 125 cm³/mol. The van der Waals surface area contributed by atoms with Gasteiger partial charge in [-0.3, -0.25) is 9.89 Å². The standard InChI is InChI=1S/C26H31N3O3/c1-5-7-14-29-25(19-12-13-20(32-15-6-2)21(16-19)31-4)22-23(27-28-24(22)26(29)30)18-10-8-17(3)9-11-18/h8-13,16,25H,5-7,14-15H2,1-4H3,(H,27,28). The fourth-order valence-electron chi connectivity index (χ4n) is 4.22. The van der Waals surface area contributed by atoms with Crippen molar-refractivity contribution in [2.75, 3.05) is 20.3 Å². The van der Waals surface area contributed by atoms with E-state index in [1.165, 1.54) is 5.56 Å². The van der Waals surface area contributed by atoms with Crippen molar-refractivity contribution in [3.63, 3.8) is 0 Å². The van der Waals surface area contributed by atoms with Crippen LogP contribution in [0.2, 0.25) is 0 Å². The van der Waals surface area contributed by atoms with Crippen LogP contribution in [0.3, 0.4) is 0 Å². The summed E-state index contributed by atoms with van der Waals surface area (Å²) in [6, 6.07) is 14.0. The molecule has 6 nitrogen and oxygen atoms in total. The van der Waals surface area contributed by atoms with Crippen molar-refractivity contribution >= 4 is 5.91 Å². The maximum absolute atomic E-state index is 13.3. The van der Waals surface area contributed by atoms with Crippen LogP contribution >= 0.6 is 0 Å². The van der Waals surface area contributed by atoms with Crippen LogP contribution in [-0.4, -0.2) is 41.3 Å². The summed E-state index contributed by atoms with van der Waals surface area (Å²) in [5.41, 5.74) is 5.50. The van der Waals surface area contributed by atoms with Crippen molar-refractivity contribution in [1.29, 1.82) is 0 Å². The van der Waals surface area contributed by atoms with E-state index in [0.717, 1.165) is 41.6 Å². The molecule has 1 aliphatic rings. The first kappa shape index (κ1) is 21.9. The summed E-state index contributed by atoms with van der Waals surface area (Å²) in [4.78, 5) is 15.3. The van der Waals surface area contributed by atoms with Crippen LogP contribution in [0, 0.1) is 6.92 Å². The molecule has 2 heterocycles. The highest BCUT2D eigenvalue weighted by molar-refractivity contribution is 6.00. The first-order valence-electron chi connectivity index (χ1n) is 11.4. The average molecular weight is 434 g/mol. The van der Waals surface area contributed by atoms with Gasteiger partial charge in [0.2, 0.25) is 0 Å². The molecule has 168 valence electrons. The molecule has 4 rings (SSSR count). The van der Waals surface area contributed by atoms with Gasteiger partial charge in [-0.15, -0.1) is 0 Å². The summed E-state index contributed by atoms with van der Waals surface area (Å²) in [6.07, 6.45) is 2.88. The van der Waals surface area contributed by atoms with Gasteiger partial charge in [0.15, 0.2) is 11.5 Å². The summed E-state index contributed by atoms with van der Waals surface area (Å²) in [5.74, 6) is 1.39. The smallest absolute Gasteiger partial charge is 0.273 e. The molecule has 32 heavy (non-hydrogen) atoms. The average Bonchev–Trinajstić information content (AvgIpc) is 3.35. The molecular weight excluding hydrogens is 402 g/mol. The van der Waals surface area contributed by atoms with E-state index in [1.54, 1.807) is 7.11 Å². The Morgan fingerprint density at radius 2 is 1.84 bits per heavy atom. The van der Waals surface area contributed by atoms with Crippen LogP contribution in [0.1, 0.15) is 66.3 Å². The monoisotopic (exact) mass is 433 g/mol. The van der Waals surface area contributed by atoms with Gasteiger partial charge in [-0.1, -0.05) is 56.2 Å². The van der Waals surface area contributed by atoms with E-state index < -0.39 is 0 Å². The Kier molecular flexibility index (Phi) is 6.49. The summed E-state index contributed by atoms with van der Waals surface area (Å²) in [5, 5.41) is 7.58. The van der Waals surface area contributed by atoms with Crippen LogP contribution in [0.25, 0.3) is 11.3 Å². The maximum Gasteiger partial charge on any atom is 0.273 e. The number of nitrogens with zero attached hydrogens (tertiary/aromatic N) is 2. The minimum absolute atomic E-state index is 0.00501.